The van der Waals surface area contributed by atoms with Crippen LogP contribution in [0.4, 0.5) is 0 Å². The minimum absolute atomic E-state index is 0.0288. The molecule has 0 saturated heterocycles. The first kappa shape index (κ1) is 16.3. The number of aliphatic hydroxyl groups excluding tert-OH is 1. The van der Waals surface area contributed by atoms with Crippen LogP contribution in [-0.4, -0.2) is 33.3 Å². The van der Waals surface area contributed by atoms with Crippen LogP contribution in [0.15, 0.2) is 24.3 Å². The summed E-state index contributed by atoms with van der Waals surface area (Å²) in [5.74, 6) is 0.825. The fourth-order valence-corrected chi connectivity index (χ4v) is 2.96. The van der Waals surface area contributed by atoms with Gasteiger partial charge in [0.05, 0.1) is 11.9 Å². The number of hydrogen-bond donors (Lipinski definition) is 2. The van der Waals surface area contributed by atoms with Gasteiger partial charge in [-0.2, -0.15) is 0 Å². The van der Waals surface area contributed by atoms with E-state index < -0.39 is 16.9 Å². The standard InChI is InChI=1S/C15H25NO2S/c1-12-6-5-7-13(8-12)10-19(18)11-14(17)9-16-15(2,3)4/h5-8,14,16-17H,9-11H2,1-4H3. The smallest absolute Gasteiger partial charge is 0.0779 e. The Morgan fingerprint density at radius 2 is 2.05 bits per heavy atom. The van der Waals surface area contributed by atoms with Crippen LogP contribution in [0, 0.1) is 6.92 Å². The maximum atomic E-state index is 12.0. The Morgan fingerprint density at radius 3 is 2.63 bits per heavy atom. The van der Waals surface area contributed by atoms with E-state index in [1.165, 1.54) is 5.56 Å². The molecule has 2 unspecified atom stereocenters. The molecule has 1 rings (SSSR count). The zero-order valence-corrected chi connectivity index (χ0v) is 13.1. The topological polar surface area (TPSA) is 49.3 Å². The second-order valence-electron chi connectivity index (χ2n) is 6.02. The lowest BCUT2D eigenvalue weighted by Gasteiger charge is -2.22. The lowest BCUT2D eigenvalue weighted by Crippen LogP contribution is -2.42. The molecule has 1 aromatic rings. The molecule has 0 heterocycles. The van der Waals surface area contributed by atoms with Crippen molar-refractivity contribution in [3.8, 4) is 0 Å². The van der Waals surface area contributed by atoms with Crippen LogP contribution in [0.2, 0.25) is 0 Å². The summed E-state index contributed by atoms with van der Waals surface area (Å²) in [7, 11) is -1.03. The molecule has 4 heteroatoms. The van der Waals surface area contributed by atoms with Gasteiger partial charge in [-0.25, -0.2) is 0 Å². The van der Waals surface area contributed by atoms with Crippen molar-refractivity contribution in [3.63, 3.8) is 0 Å². The molecule has 0 bridgehead atoms. The molecule has 2 N–H and O–H groups in total. The molecular formula is C15H25NO2S. The second kappa shape index (κ2) is 7.17. The third-order valence-electron chi connectivity index (χ3n) is 2.66. The first-order chi connectivity index (χ1) is 8.76. The van der Waals surface area contributed by atoms with Crippen molar-refractivity contribution in [2.45, 2.75) is 45.1 Å². The number of β-amino-alcohol motifs (C(OH)–C–C–N with tert-alkyl or cyclic N) is 1. The minimum atomic E-state index is -1.03. The molecule has 2 atom stereocenters. The molecule has 0 spiro atoms. The Morgan fingerprint density at radius 1 is 1.37 bits per heavy atom. The van der Waals surface area contributed by atoms with Crippen LogP contribution in [0.25, 0.3) is 0 Å². The molecule has 0 aromatic heterocycles. The van der Waals surface area contributed by atoms with Gasteiger partial charge in [-0.3, -0.25) is 4.21 Å². The third kappa shape index (κ3) is 7.45. The Hall–Kier alpha value is -0.710. The maximum Gasteiger partial charge on any atom is 0.0779 e. The Balaban J connectivity index is 2.39. The molecule has 0 aliphatic carbocycles. The van der Waals surface area contributed by atoms with E-state index >= 15 is 0 Å². The van der Waals surface area contributed by atoms with Gasteiger partial charge in [0.2, 0.25) is 0 Å². The SMILES string of the molecule is Cc1cccc(CS(=O)CC(O)CNC(C)(C)C)c1. The fourth-order valence-electron chi connectivity index (χ4n) is 1.74. The van der Waals surface area contributed by atoms with Crippen molar-refractivity contribution >= 4 is 10.8 Å². The van der Waals surface area contributed by atoms with Crippen LogP contribution in [0.1, 0.15) is 31.9 Å². The number of aryl methyl sites for hydroxylation is 1. The summed E-state index contributed by atoms with van der Waals surface area (Å²) in [6.45, 7) is 8.63. The first-order valence-corrected chi connectivity index (χ1v) is 8.09. The Labute approximate surface area is 118 Å². The summed E-state index contributed by atoms with van der Waals surface area (Å²) in [5.41, 5.74) is 2.21. The molecule has 0 radical (unpaired) electrons. The largest absolute Gasteiger partial charge is 0.391 e. The number of nitrogens with one attached hydrogen (secondary N) is 1. The van der Waals surface area contributed by atoms with Crippen LogP contribution >= 0.6 is 0 Å². The summed E-state index contributed by atoms with van der Waals surface area (Å²) in [4.78, 5) is 0. The lowest BCUT2D eigenvalue weighted by atomic mass is 10.1. The highest BCUT2D eigenvalue weighted by Crippen LogP contribution is 2.08. The molecule has 0 amide bonds. The molecule has 19 heavy (non-hydrogen) atoms. The van der Waals surface area contributed by atoms with E-state index in [-0.39, 0.29) is 5.54 Å². The van der Waals surface area contributed by atoms with E-state index in [1.54, 1.807) is 0 Å². The Kier molecular flexibility index (Phi) is 6.17. The highest BCUT2D eigenvalue weighted by molar-refractivity contribution is 7.84. The van der Waals surface area contributed by atoms with Crippen LogP contribution < -0.4 is 5.32 Å². The van der Waals surface area contributed by atoms with Gasteiger partial charge in [-0.05, 0) is 33.3 Å². The molecule has 0 fully saturated rings. The summed E-state index contributed by atoms with van der Waals surface area (Å²) in [6, 6.07) is 8.01. The molecule has 1 aromatic carbocycles. The zero-order chi connectivity index (χ0) is 14.5. The molecule has 0 aliphatic heterocycles. The van der Waals surface area contributed by atoms with Crippen LogP contribution in [0.5, 0.6) is 0 Å². The zero-order valence-electron chi connectivity index (χ0n) is 12.3. The lowest BCUT2D eigenvalue weighted by molar-refractivity contribution is 0.182. The summed E-state index contributed by atoms with van der Waals surface area (Å²) < 4.78 is 12.0. The first-order valence-electron chi connectivity index (χ1n) is 6.60. The number of aliphatic hydroxyl groups is 1. The third-order valence-corrected chi connectivity index (χ3v) is 4.07. The normalized spacial score (nSPS) is 15.2. The fraction of sp³-hybridized carbons (Fsp3) is 0.600. The highest BCUT2D eigenvalue weighted by atomic mass is 32.2. The average molecular weight is 283 g/mol. The maximum absolute atomic E-state index is 12.0. The van der Waals surface area contributed by atoms with E-state index in [9.17, 15) is 9.32 Å². The monoisotopic (exact) mass is 283 g/mol. The Bertz CT molecular complexity index is 426. The predicted molar refractivity (Wildman–Crippen MR) is 81.7 cm³/mol. The summed E-state index contributed by atoms with van der Waals surface area (Å²) in [6.07, 6.45) is -0.565. The number of rotatable bonds is 6. The van der Waals surface area contributed by atoms with Crippen molar-refractivity contribution in [2.24, 2.45) is 0 Å². The van der Waals surface area contributed by atoms with Crippen molar-refractivity contribution < 1.29 is 9.32 Å². The van der Waals surface area contributed by atoms with Crippen LogP contribution in [-0.2, 0) is 16.6 Å². The molecule has 3 nitrogen and oxygen atoms in total. The van der Waals surface area contributed by atoms with Gasteiger partial charge >= 0.3 is 0 Å². The van der Waals surface area contributed by atoms with Gasteiger partial charge in [0.25, 0.3) is 0 Å². The van der Waals surface area contributed by atoms with Gasteiger partial charge in [0.1, 0.15) is 0 Å². The number of hydrogen-bond acceptors (Lipinski definition) is 3. The van der Waals surface area contributed by atoms with Gasteiger partial charge < -0.3 is 10.4 Å². The predicted octanol–water partition coefficient (Wildman–Crippen LogP) is 1.99. The summed E-state index contributed by atoms with van der Waals surface area (Å²) in [5, 5.41) is 13.1. The van der Waals surface area contributed by atoms with Crippen molar-refractivity contribution in [3.05, 3.63) is 35.4 Å². The van der Waals surface area contributed by atoms with Gasteiger partial charge in [0.15, 0.2) is 0 Å². The average Bonchev–Trinajstić information content (AvgIpc) is 2.25. The van der Waals surface area contributed by atoms with Gasteiger partial charge in [-0.1, -0.05) is 29.8 Å². The minimum Gasteiger partial charge on any atom is -0.391 e. The van der Waals surface area contributed by atoms with E-state index in [2.05, 4.69) is 5.32 Å². The van der Waals surface area contributed by atoms with Gasteiger partial charge in [0, 0.05) is 28.6 Å². The number of benzene rings is 1. The van der Waals surface area contributed by atoms with E-state index in [1.807, 2.05) is 52.0 Å². The van der Waals surface area contributed by atoms with Crippen LogP contribution in [0.3, 0.4) is 0 Å². The van der Waals surface area contributed by atoms with E-state index in [0.29, 0.717) is 18.1 Å². The second-order valence-corrected chi connectivity index (χ2v) is 7.53. The molecule has 108 valence electrons. The van der Waals surface area contributed by atoms with Crippen molar-refractivity contribution in [1.29, 1.82) is 0 Å². The molecule has 0 aliphatic rings. The van der Waals surface area contributed by atoms with Crippen molar-refractivity contribution in [1.82, 2.24) is 5.32 Å². The van der Waals surface area contributed by atoms with Gasteiger partial charge in [-0.15, -0.1) is 0 Å². The van der Waals surface area contributed by atoms with E-state index in [0.717, 1.165) is 5.56 Å². The van der Waals surface area contributed by atoms with Crippen molar-refractivity contribution in [2.75, 3.05) is 12.3 Å². The quantitative estimate of drug-likeness (QED) is 0.839. The molecular weight excluding hydrogens is 258 g/mol. The molecule has 0 saturated carbocycles. The van der Waals surface area contributed by atoms with E-state index in [4.69, 9.17) is 0 Å². The summed E-state index contributed by atoms with van der Waals surface area (Å²) >= 11 is 0. The highest BCUT2D eigenvalue weighted by Gasteiger charge is 2.14.